The Bertz CT molecular complexity index is 1320. The van der Waals surface area contributed by atoms with Gasteiger partial charge in [-0.15, -0.1) is 0 Å². The lowest BCUT2D eigenvalue weighted by Crippen LogP contribution is -2.48. The standard InChI is InChI=1S/C37H61N3O21/c1-27(41)59-24-37(25-60-28(2)42,26-61-29(3)43)36(53)58-11-7-5-4-6-10-54-12-13-55-14-15-56-16-17-57-35(52)19-38-30(18-31(44)45)20-39(21-32(46)47)8-9-40(22-33(48)49)23-34(50)51/h30,38H,4-26H2,1-3H3,(H,44,45)(H,46,47)(H,48,49)(H,50,51). The maximum Gasteiger partial charge on any atom is 0.322 e. The van der Waals surface area contributed by atoms with E-state index in [4.69, 9.17) is 48.1 Å². The van der Waals surface area contributed by atoms with E-state index >= 15 is 0 Å². The van der Waals surface area contributed by atoms with E-state index in [0.29, 0.717) is 32.7 Å². The summed E-state index contributed by atoms with van der Waals surface area (Å²) in [5.41, 5.74) is -1.72. The zero-order valence-corrected chi connectivity index (χ0v) is 35.0. The molecule has 0 heterocycles. The van der Waals surface area contributed by atoms with E-state index in [-0.39, 0.29) is 52.7 Å². The van der Waals surface area contributed by atoms with Crippen LogP contribution in [0.4, 0.5) is 0 Å². The van der Waals surface area contributed by atoms with Gasteiger partial charge in [0.2, 0.25) is 0 Å². The molecular weight excluding hydrogens is 822 g/mol. The first-order chi connectivity index (χ1) is 28.8. The molecule has 0 aromatic heterocycles. The van der Waals surface area contributed by atoms with Crippen molar-refractivity contribution >= 4 is 53.7 Å². The molecule has 0 bridgehead atoms. The fourth-order valence-corrected chi connectivity index (χ4v) is 5.06. The van der Waals surface area contributed by atoms with Gasteiger partial charge in [0.25, 0.3) is 0 Å². The third-order valence-electron chi connectivity index (χ3n) is 7.98. The number of carbonyl (C=O) groups is 9. The predicted octanol–water partition coefficient (Wildman–Crippen LogP) is -1.35. The van der Waals surface area contributed by atoms with Crippen molar-refractivity contribution in [3.8, 4) is 0 Å². The minimum absolute atomic E-state index is 0.0315. The highest BCUT2D eigenvalue weighted by Gasteiger charge is 2.44. The highest BCUT2D eigenvalue weighted by Crippen LogP contribution is 2.23. The van der Waals surface area contributed by atoms with Crippen LogP contribution in [0.25, 0.3) is 0 Å². The van der Waals surface area contributed by atoms with E-state index in [1.807, 2.05) is 0 Å². The number of rotatable bonds is 39. The van der Waals surface area contributed by atoms with Gasteiger partial charge in [0, 0.05) is 53.1 Å². The van der Waals surface area contributed by atoms with Crippen LogP contribution >= 0.6 is 0 Å². The fraction of sp³-hybridized carbons (Fsp3) is 0.757. The van der Waals surface area contributed by atoms with Gasteiger partial charge in [0.1, 0.15) is 26.4 Å². The summed E-state index contributed by atoms with van der Waals surface area (Å²) in [6.07, 6.45) is 2.23. The molecule has 0 amide bonds. The van der Waals surface area contributed by atoms with Crippen LogP contribution in [-0.2, 0) is 81.0 Å². The number of hydrogen-bond acceptors (Lipinski definition) is 20. The molecule has 0 aliphatic rings. The van der Waals surface area contributed by atoms with E-state index in [1.54, 1.807) is 0 Å². The van der Waals surface area contributed by atoms with Crippen LogP contribution < -0.4 is 5.32 Å². The molecular formula is C37H61N3O21. The van der Waals surface area contributed by atoms with Gasteiger partial charge >= 0.3 is 53.7 Å². The van der Waals surface area contributed by atoms with Crippen LogP contribution in [-0.4, -0.2) is 208 Å². The summed E-state index contributed by atoms with van der Waals surface area (Å²) in [4.78, 5) is 107. The maximum absolute atomic E-state index is 12.9. The second-order valence-corrected chi connectivity index (χ2v) is 13.5. The van der Waals surface area contributed by atoms with Crippen molar-refractivity contribution in [3.05, 3.63) is 0 Å². The average Bonchev–Trinajstić information content (AvgIpc) is 3.15. The van der Waals surface area contributed by atoms with Crippen LogP contribution in [0, 0.1) is 5.41 Å². The van der Waals surface area contributed by atoms with E-state index in [1.165, 1.54) is 4.90 Å². The molecule has 0 saturated carbocycles. The van der Waals surface area contributed by atoms with Gasteiger partial charge in [-0.25, -0.2) is 0 Å². The second-order valence-electron chi connectivity index (χ2n) is 13.5. The zero-order chi connectivity index (χ0) is 46.1. The maximum atomic E-state index is 12.9. The molecule has 0 radical (unpaired) electrons. The number of ether oxygens (including phenoxy) is 8. The highest BCUT2D eigenvalue weighted by atomic mass is 16.6. The topological polar surface area (TPSA) is 327 Å². The first-order valence-electron chi connectivity index (χ1n) is 19.4. The van der Waals surface area contributed by atoms with Crippen LogP contribution in [0.2, 0.25) is 0 Å². The summed E-state index contributed by atoms with van der Waals surface area (Å²) in [6, 6.07) is -0.905. The van der Waals surface area contributed by atoms with E-state index in [9.17, 15) is 53.4 Å². The number of aliphatic carboxylic acids is 4. The number of nitrogens with one attached hydrogen (secondary N) is 1. The van der Waals surface area contributed by atoms with Crippen molar-refractivity contribution < 1.29 is 101 Å². The van der Waals surface area contributed by atoms with Crippen molar-refractivity contribution in [3.63, 3.8) is 0 Å². The first kappa shape index (κ1) is 56.0. The SMILES string of the molecule is CC(=O)OCC(COC(C)=O)(COC(C)=O)C(=O)OCCCCCCOCCOCCOCCOC(=O)CNC(CC(=O)O)CN(CCN(CC(=O)O)CC(=O)O)CC(=O)O. The molecule has 61 heavy (non-hydrogen) atoms. The monoisotopic (exact) mass is 883 g/mol. The Morgan fingerprint density at radius 1 is 0.508 bits per heavy atom. The molecule has 24 heteroatoms. The lowest BCUT2D eigenvalue weighted by Gasteiger charge is -2.29. The molecule has 0 aliphatic carbocycles. The van der Waals surface area contributed by atoms with Crippen molar-refractivity contribution in [1.29, 1.82) is 0 Å². The Kier molecular flexibility index (Phi) is 30.9. The highest BCUT2D eigenvalue weighted by molar-refractivity contribution is 5.79. The Labute approximate surface area is 352 Å². The quantitative estimate of drug-likeness (QED) is 0.0271. The number of nitrogens with zero attached hydrogens (tertiary/aromatic N) is 2. The normalized spacial score (nSPS) is 11.8. The predicted molar refractivity (Wildman–Crippen MR) is 205 cm³/mol. The third kappa shape index (κ3) is 32.4. The molecule has 0 aliphatic heterocycles. The number of unbranched alkanes of at least 4 members (excludes halogenated alkanes) is 3. The van der Waals surface area contributed by atoms with E-state index in [0.717, 1.165) is 38.5 Å². The molecule has 24 nitrogen and oxygen atoms in total. The first-order valence-corrected chi connectivity index (χ1v) is 19.4. The summed E-state index contributed by atoms with van der Waals surface area (Å²) in [6.45, 7) is 0.873. The number of carbonyl (C=O) groups excluding carboxylic acids is 5. The third-order valence-corrected chi connectivity index (χ3v) is 7.98. The summed E-state index contributed by atoms with van der Waals surface area (Å²) in [7, 11) is 0. The van der Waals surface area contributed by atoms with Crippen molar-refractivity contribution in [1.82, 2.24) is 15.1 Å². The van der Waals surface area contributed by atoms with Gasteiger partial charge in [-0.1, -0.05) is 6.42 Å². The lowest BCUT2D eigenvalue weighted by molar-refractivity contribution is -0.178. The average molecular weight is 884 g/mol. The number of carboxylic acids is 4. The minimum Gasteiger partial charge on any atom is -0.481 e. The molecule has 350 valence electrons. The van der Waals surface area contributed by atoms with Crippen molar-refractivity contribution in [2.24, 2.45) is 5.41 Å². The number of hydrogen-bond donors (Lipinski definition) is 5. The molecule has 1 atom stereocenters. The number of esters is 5. The van der Waals surface area contributed by atoms with Crippen LogP contribution in [0.1, 0.15) is 52.9 Å². The Balaban J connectivity index is 4.29. The molecule has 0 aromatic rings. The molecule has 1 unspecified atom stereocenters. The molecule has 0 rings (SSSR count). The van der Waals surface area contributed by atoms with Crippen molar-refractivity contribution in [2.45, 2.75) is 58.9 Å². The van der Waals surface area contributed by atoms with Gasteiger partial charge in [-0.2, -0.15) is 0 Å². The van der Waals surface area contributed by atoms with Gasteiger partial charge < -0.3 is 63.6 Å². The van der Waals surface area contributed by atoms with Crippen LogP contribution in [0.5, 0.6) is 0 Å². The lowest BCUT2D eigenvalue weighted by atomic mass is 9.91. The van der Waals surface area contributed by atoms with E-state index < -0.39 is 118 Å². The summed E-state index contributed by atoms with van der Waals surface area (Å²) < 4.78 is 41.7. The molecule has 0 saturated heterocycles. The molecule has 0 spiro atoms. The van der Waals surface area contributed by atoms with Gasteiger partial charge in [0.15, 0.2) is 5.41 Å². The minimum atomic E-state index is -1.72. The molecule has 5 N–H and O–H groups in total. The zero-order valence-electron chi connectivity index (χ0n) is 35.0. The largest absolute Gasteiger partial charge is 0.481 e. The summed E-state index contributed by atoms with van der Waals surface area (Å²) in [5.74, 6) is -8.66. The Hall–Kier alpha value is -5.01. The summed E-state index contributed by atoms with van der Waals surface area (Å²) in [5, 5.41) is 39.4. The number of carboxylic acid groups (broad SMARTS) is 4. The van der Waals surface area contributed by atoms with Gasteiger partial charge in [-0.3, -0.25) is 53.0 Å². The van der Waals surface area contributed by atoms with E-state index in [2.05, 4.69) is 5.32 Å². The Morgan fingerprint density at radius 3 is 1.39 bits per heavy atom. The smallest absolute Gasteiger partial charge is 0.322 e. The second kappa shape index (κ2) is 33.7. The molecule has 0 aromatic carbocycles. The van der Waals surface area contributed by atoms with Gasteiger partial charge in [-0.05, 0) is 19.3 Å². The van der Waals surface area contributed by atoms with Gasteiger partial charge in [0.05, 0.1) is 72.2 Å². The Morgan fingerprint density at radius 2 is 0.934 bits per heavy atom. The summed E-state index contributed by atoms with van der Waals surface area (Å²) >= 11 is 0. The van der Waals surface area contributed by atoms with Crippen LogP contribution in [0.15, 0.2) is 0 Å². The van der Waals surface area contributed by atoms with Crippen LogP contribution in [0.3, 0.4) is 0 Å². The fourth-order valence-electron chi connectivity index (χ4n) is 5.06. The molecule has 0 fully saturated rings. The van der Waals surface area contributed by atoms with Crippen molar-refractivity contribution in [2.75, 3.05) is 118 Å².